The average Bonchev–Trinajstić information content (AvgIpc) is 3.54. The van der Waals surface area contributed by atoms with Crippen LogP contribution in [0.3, 0.4) is 0 Å². The minimum Gasteiger partial charge on any atom is -0.345 e. The summed E-state index contributed by atoms with van der Waals surface area (Å²) in [5.74, 6) is -0.233. The number of nitrogens with zero attached hydrogens (tertiary/aromatic N) is 2. The van der Waals surface area contributed by atoms with Crippen molar-refractivity contribution in [2.24, 2.45) is 5.92 Å². The van der Waals surface area contributed by atoms with Gasteiger partial charge in [-0.3, -0.25) is 9.59 Å². The molecule has 162 valence electrons. The van der Waals surface area contributed by atoms with E-state index in [-0.39, 0.29) is 23.8 Å². The first-order chi connectivity index (χ1) is 15.7. The van der Waals surface area contributed by atoms with Crippen molar-refractivity contribution in [2.45, 2.75) is 18.9 Å². The van der Waals surface area contributed by atoms with Gasteiger partial charge in [0.05, 0.1) is 34.2 Å². The first-order valence-corrected chi connectivity index (χ1v) is 11.7. The second kappa shape index (κ2) is 8.96. The number of piperidine rings is 1. The quantitative estimate of drug-likeness (QED) is 0.479. The predicted octanol–water partition coefficient (Wildman–Crippen LogP) is 4.38. The third kappa shape index (κ3) is 4.16. The number of hydrogen-bond donors (Lipinski definition) is 2. The molecule has 0 radical (unpaired) electrons. The van der Waals surface area contributed by atoms with Crippen LogP contribution in [0.5, 0.6) is 0 Å². The van der Waals surface area contributed by atoms with E-state index in [0.717, 1.165) is 39.9 Å². The van der Waals surface area contributed by atoms with E-state index in [2.05, 4.69) is 15.3 Å². The zero-order valence-corrected chi connectivity index (χ0v) is 18.3. The third-order valence-electron chi connectivity index (χ3n) is 6.01. The van der Waals surface area contributed by atoms with Crippen molar-refractivity contribution in [3.05, 3.63) is 88.4 Å². The molecule has 3 heterocycles. The molecular weight excluding hydrogens is 420 g/mol. The first-order valence-electron chi connectivity index (χ1n) is 10.8. The molecule has 0 aliphatic carbocycles. The minimum atomic E-state index is -0.278. The van der Waals surface area contributed by atoms with E-state index in [4.69, 9.17) is 0 Å². The Morgan fingerprint density at radius 1 is 1.09 bits per heavy atom. The summed E-state index contributed by atoms with van der Waals surface area (Å²) in [7, 11) is 0. The molecule has 2 aromatic carbocycles. The number of benzene rings is 2. The van der Waals surface area contributed by atoms with Crippen LogP contribution in [0.15, 0.2) is 72.4 Å². The largest absolute Gasteiger partial charge is 0.345 e. The number of likely N-dealkylation sites (tertiary alicyclic amines) is 1. The number of imidazole rings is 1. The lowest BCUT2D eigenvalue weighted by Crippen LogP contribution is -2.46. The number of carbonyl (C=O) groups excluding carboxylic acids is 2. The number of rotatable bonds is 5. The molecule has 1 saturated heterocycles. The zero-order chi connectivity index (χ0) is 21.9. The molecule has 2 aromatic heterocycles. The minimum absolute atomic E-state index is 0.0156. The van der Waals surface area contributed by atoms with Gasteiger partial charge < -0.3 is 15.2 Å². The van der Waals surface area contributed by atoms with Crippen molar-refractivity contribution in [2.75, 3.05) is 13.1 Å². The molecule has 5 rings (SSSR count). The van der Waals surface area contributed by atoms with Crippen molar-refractivity contribution in [1.82, 2.24) is 20.2 Å². The number of nitrogens with one attached hydrogen (secondary N) is 2. The highest BCUT2D eigenvalue weighted by Crippen LogP contribution is 2.27. The summed E-state index contributed by atoms with van der Waals surface area (Å²) in [6.45, 7) is 1.14. The Hall–Kier alpha value is -3.45. The highest BCUT2D eigenvalue weighted by Gasteiger charge is 2.31. The Bertz CT molecular complexity index is 1220. The van der Waals surface area contributed by atoms with Crippen LogP contribution >= 0.6 is 11.3 Å². The molecule has 2 amide bonds. The predicted molar refractivity (Wildman–Crippen MR) is 125 cm³/mol. The van der Waals surface area contributed by atoms with E-state index >= 15 is 0 Å². The summed E-state index contributed by atoms with van der Waals surface area (Å²) in [6.07, 6.45) is 3.28. The van der Waals surface area contributed by atoms with Gasteiger partial charge >= 0.3 is 0 Å². The molecule has 6 nitrogen and oxygen atoms in total. The van der Waals surface area contributed by atoms with E-state index in [0.29, 0.717) is 13.1 Å². The van der Waals surface area contributed by atoms with Gasteiger partial charge in [-0.05, 0) is 47.5 Å². The lowest BCUT2D eigenvalue weighted by molar-refractivity contribution is -0.126. The van der Waals surface area contributed by atoms with E-state index in [1.165, 1.54) is 11.3 Å². The van der Waals surface area contributed by atoms with Gasteiger partial charge in [-0.1, -0.05) is 42.5 Å². The second-order valence-electron chi connectivity index (χ2n) is 8.10. The van der Waals surface area contributed by atoms with Crippen molar-refractivity contribution >= 4 is 34.2 Å². The normalized spacial score (nSPS) is 17.2. The Kier molecular flexibility index (Phi) is 5.73. The van der Waals surface area contributed by atoms with Gasteiger partial charge in [0.15, 0.2) is 0 Å². The third-order valence-corrected chi connectivity index (χ3v) is 6.87. The maximum absolute atomic E-state index is 13.4. The number of aromatic amines is 1. The van der Waals surface area contributed by atoms with Crippen LogP contribution in [0, 0.1) is 5.92 Å². The molecule has 0 saturated carbocycles. The number of hydrogen-bond acceptors (Lipinski definition) is 4. The number of H-pyrrole nitrogens is 1. The monoisotopic (exact) mass is 444 g/mol. The number of amides is 2. The first kappa shape index (κ1) is 20.5. The van der Waals surface area contributed by atoms with Crippen LogP contribution in [-0.4, -0.2) is 39.8 Å². The maximum Gasteiger partial charge on any atom is 0.263 e. The lowest BCUT2D eigenvalue weighted by Gasteiger charge is -2.33. The molecule has 1 aliphatic rings. The summed E-state index contributed by atoms with van der Waals surface area (Å²) >= 11 is 1.44. The van der Waals surface area contributed by atoms with Crippen LogP contribution < -0.4 is 5.32 Å². The van der Waals surface area contributed by atoms with Gasteiger partial charge in [0, 0.05) is 13.1 Å². The Labute approximate surface area is 190 Å². The molecule has 0 bridgehead atoms. The van der Waals surface area contributed by atoms with Crippen LogP contribution in [0.2, 0.25) is 0 Å². The van der Waals surface area contributed by atoms with E-state index in [9.17, 15) is 9.59 Å². The molecular formula is C25H24N4O2S. The van der Waals surface area contributed by atoms with Crippen molar-refractivity contribution in [3.8, 4) is 0 Å². The van der Waals surface area contributed by atoms with Crippen molar-refractivity contribution in [1.29, 1.82) is 0 Å². The van der Waals surface area contributed by atoms with E-state index in [1.807, 2.05) is 70.9 Å². The Balaban J connectivity index is 1.37. The second-order valence-corrected chi connectivity index (χ2v) is 9.05. The molecule has 2 atom stereocenters. The summed E-state index contributed by atoms with van der Waals surface area (Å²) in [5, 5.41) is 5.17. The number of fused-ring (bicyclic) bond motifs is 1. The smallest absolute Gasteiger partial charge is 0.263 e. The molecule has 32 heavy (non-hydrogen) atoms. The highest BCUT2D eigenvalue weighted by molar-refractivity contribution is 7.12. The number of carbonyl (C=O) groups is 2. The molecule has 7 heteroatoms. The fourth-order valence-electron chi connectivity index (χ4n) is 4.33. The van der Waals surface area contributed by atoms with Gasteiger partial charge in [0.1, 0.15) is 0 Å². The topological polar surface area (TPSA) is 78.1 Å². The Morgan fingerprint density at radius 2 is 1.97 bits per heavy atom. The van der Waals surface area contributed by atoms with Crippen molar-refractivity contribution in [3.63, 3.8) is 0 Å². The Morgan fingerprint density at radius 3 is 2.78 bits per heavy atom. The van der Waals surface area contributed by atoms with Crippen LogP contribution in [0.1, 0.15) is 39.7 Å². The van der Waals surface area contributed by atoms with Gasteiger partial charge in [0.25, 0.3) is 5.91 Å². The van der Waals surface area contributed by atoms with Crippen LogP contribution in [0.4, 0.5) is 0 Å². The fourth-order valence-corrected chi connectivity index (χ4v) is 5.02. The lowest BCUT2D eigenvalue weighted by atomic mass is 9.94. The van der Waals surface area contributed by atoms with Gasteiger partial charge in [0.2, 0.25) is 5.91 Å². The van der Waals surface area contributed by atoms with E-state index < -0.39 is 0 Å². The van der Waals surface area contributed by atoms with Crippen LogP contribution in [0.25, 0.3) is 11.0 Å². The molecule has 0 unspecified atom stereocenters. The van der Waals surface area contributed by atoms with Gasteiger partial charge in [-0.15, -0.1) is 11.3 Å². The molecule has 2 N–H and O–H groups in total. The number of aromatic nitrogens is 2. The molecule has 0 spiro atoms. The molecule has 1 aliphatic heterocycles. The van der Waals surface area contributed by atoms with Crippen molar-refractivity contribution < 1.29 is 9.59 Å². The van der Waals surface area contributed by atoms with Gasteiger partial charge in [-0.25, -0.2) is 4.98 Å². The number of thiophene rings is 1. The summed E-state index contributed by atoms with van der Waals surface area (Å²) < 4.78 is 0. The van der Waals surface area contributed by atoms with Gasteiger partial charge in [-0.2, -0.15) is 0 Å². The maximum atomic E-state index is 13.4. The van der Waals surface area contributed by atoms with E-state index in [1.54, 1.807) is 6.33 Å². The zero-order valence-electron chi connectivity index (χ0n) is 17.5. The highest BCUT2D eigenvalue weighted by atomic mass is 32.1. The standard InChI is InChI=1S/C25H24N4O2S/c30-24(19-8-4-12-29(15-19)25(31)22-9-5-13-32-22)28-23(17-6-2-1-3-7-17)18-10-11-20-21(14-18)27-16-26-20/h1-3,5-7,9-11,13-14,16,19,23H,4,8,12,15H2,(H,26,27)(H,28,30)/t19-,23+/m0/s1. The van der Waals surface area contributed by atoms with Crippen LogP contribution in [-0.2, 0) is 4.79 Å². The fraction of sp³-hybridized carbons (Fsp3) is 0.240. The summed E-state index contributed by atoms with van der Waals surface area (Å²) in [4.78, 5) is 36.1. The molecule has 4 aromatic rings. The summed E-state index contributed by atoms with van der Waals surface area (Å²) in [6, 6.07) is 19.4. The summed E-state index contributed by atoms with van der Waals surface area (Å²) in [5.41, 5.74) is 3.83. The molecule has 1 fully saturated rings. The average molecular weight is 445 g/mol. The SMILES string of the molecule is O=C(N[C@H](c1ccccc1)c1ccc2nc[nH]c2c1)[C@H]1CCCN(C(=O)c2cccs2)C1.